The number of anilines is 2. The van der Waals surface area contributed by atoms with Crippen LogP contribution in [0.25, 0.3) is 0 Å². The molecule has 0 unspecified atom stereocenters. The van der Waals surface area contributed by atoms with E-state index in [2.05, 4.69) is 10.6 Å². The topological polar surface area (TPSA) is 133 Å². The van der Waals surface area contributed by atoms with Gasteiger partial charge in [0.1, 0.15) is 0 Å². The molecular weight excluding hydrogens is 340 g/mol. The van der Waals surface area contributed by atoms with Gasteiger partial charge in [0, 0.05) is 24.0 Å². The molecule has 134 valence electrons. The maximum atomic E-state index is 12.5. The SMILES string of the molecule is CNc1ccc(NC(=O)c2cc(C(C)=O)c(C(=O)O)cc2C(=O)O)cc1. The van der Waals surface area contributed by atoms with Crippen molar-refractivity contribution in [2.45, 2.75) is 6.92 Å². The molecule has 0 saturated heterocycles. The number of carboxylic acids is 2. The monoisotopic (exact) mass is 356 g/mol. The highest BCUT2D eigenvalue weighted by molar-refractivity contribution is 6.14. The van der Waals surface area contributed by atoms with Crippen LogP contribution in [0.5, 0.6) is 0 Å². The number of carbonyl (C=O) groups excluding carboxylic acids is 2. The number of aromatic carboxylic acids is 2. The van der Waals surface area contributed by atoms with Gasteiger partial charge in [0.2, 0.25) is 0 Å². The third-order valence-electron chi connectivity index (χ3n) is 3.67. The predicted octanol–water partition coefficient (Wildman–Crippen LogP) is 2.58. The van der Waals surface area contributed by atoms with Crippen molar-refractivity contribution in [2.24, 2.45) is 0 Å². The van der Waals surface area contributed by atoms with Crippen LogP contribution >= 0.6 is 0 Å². The first-order valence-corrected chi connectivity index (χ1v) is 7.49. The summed E-state index contributed by atoms with van der Waals surface area (Å²) in [6, 6.07) is 8.46. The summed E-state index contributed by atoms with van der Waals surface area (Å²) < 4.78 is 0. The summed E-state index contributed by atoms with van der Waals surface area (Å²) in [4.78, 5) is 46.9. The fourth-order valence-electron chi connectivity index (χ4n) is 2.35. The zero-order valence-corrected chi connectivity index (χ0v) is 14.0. The highest BCUT2D eigenvalue weighted by Crippen LogP contribution is 2.21. The van der Waals surface area contributed by atoms with Crippen molar-refractivity contribution in [3.05, 3.63) is 58.7 Å². The summed E-state index contributed by atoms with van der Waals surface area (Å²) >= 11 is 0. The smallest absolute Gasteiger partial charge is 0.336 e. The van der Waals surface area contributed by atoms with Gasteiger partial charge in [0.05, 0.1) is 16.7 Å². The van der Waals surface area contributed by atoms with Crippen LogP contribution in [0.2, 0.25) is 0 Å². The molecule has 1 amide bonds. The first-order chi connectivity index (χ1) is 12.2. The molecule has 8 nitrogen and oxygen atoms in total. The molecule has 2 rings (SSSR count). The van der Waals surface area contributed by atoms with Crippen LogP contribution in [-0.2, 0) is 0 Å². The highest BCUT2D eigenvalue weighted by atomic mass is 16.4. The first kappa shape index (κ1) is 18.7. The molecular formula is C18H16N2O6. The number of carbonyl (C=O) groups is 4. The zero-order chi connectivity index (χ0) is 19.4. The fourth-order valence-corrected chi connectivity index (χ4v) is 2.35. The second kappa shape index (κ2) is 7.47. The maximum absolute atomic E-state index is 12.5. The number of amides is 1. The molecule has 0 bridgehead atoms. The van der Waals surface area contributed by atoms with Crippen LogP contribution in [0.1, 0.15) is 48.4 Å². The Balaban J connectivity index is 2.49. The summed E-state index contributed by atoms with van der Waals surface area (Å²) in [5.74, 6) is -4.28. The van der Waals surface area contributed by atoms with E-state index in [1.54, 1.807) is 31.3 Å². The number of ketones is 1. The molecule has 2 aromatic rings. The largest absolute Gasteiger partial charge is 0.478 e. The number of rotatable bonds is 6. The second-order valence-corrected chi connectivity index (χ2v) is 5.39. The van der Waals surface area contributed by atoms with Gasteiger partial charge in [-0.05, 0) is 43.3 Å². The van der Waals surface area contributed by atoms with Crippen molar-refractivity contribution in [1.29, 1.82) is 0 Å². The molecule has 4 N–H and O–H groups in total. The van der Waals surface area contributed by atoms with Gasteiger partial charge in [-0.1, -0.05) is 0 Å². The average Bonchev–Trinajstić information content (AvgIpc) is 2.60. The van der Waals surface area contributed by atoms with Crippen molar-refractivity contribution in [2.75, 3.05) is 17.7 Å². The number of benzene rings is 2. The first-order valence-electron chi connectivity index (χ1n) is 7.49. The Kier molecular flexibility index (Phi) is 5.36. The van der Waals surface area contributed by atoms with Gasteiger partial charge in [-0.15, -0.1) is 0 Å². The number of Topliss-reactive ketones (excluding diaryl/α,β-unsaturated/α-hetero) is 1. The quantitative estimate of drug-likeness (QED) is 0.585. The third kappa shape index (κ3) is 3.86. The predicted molar refractivity (Wildman–Crippen MR) is 94.3 cm³/mol. The minimum Gasteiger partial charge on any atom is -0.478 e. The Morgan fingerprint density at radius 3 is 1.69 bits per heavy atom. The molecule has 26 heavy (non-hydrogen) atoms. The Hall–Kier alpha value is -3.68. The van der Waals surface area contributed by atoms with E-state index >= 15 is 0 Å². The molecule has 0 spiro atoms. The van der Waals surface area contributed by atoms with Gasteiger partial charge < -0.3 is 20.8 Å². The van der Waals surface area contributed by atoms with Crippen LogP contribution in [0.15, 0.2) is 36.4 Å². The van der Waals surface area contributed by atoms with Crippen molar-refractivity contribution >= 4 is 35.0 Å². The molecule has 0 fully saturated rings. The Bertz CT molecular complexity index is 903. The van der Waals surface area contributed by atoms with Gasteiger partial charge >= 0.3 is 11.9 Å². The van der Waals surface area contributed by atoms with Crippen LogP contribution in [0.3, 0.4) is 0 Å². The van der Waals surface area contributed by atoms with Crippen molar-refractivity contribution in [3.8, 4) is 0 Å². The number of hydrogen-bond acceptors (Lipinski definition) is 5. The molecule has 0 aliphatic heterocycles. The van der Waals surface area contributed by atoms with Crippen LogP contribution < -0.4 is 10.6 Å². The van der Waals surface area contributed by atoms with E-state index < -0.39 is 34.8 Å². The number of carboxylic acid groups (broad SMARTS) is 2. The molecule has 0 radical (unpaired) electrons. The van der Waals surface area contributed by atoms with Crippen molar-refractivity contribution < 1.29 is 29.4 Å². The van der Waals surface area contributed by atoms with Crippen LogP contribution in [0.4, 0.5) is 11.4 Å². The number of hydrogen-bond donors (Lipinski definition) is 4. The Labute approximate surface area is 148 Å². The summed E-state index contributed by atoms with van der Waals surface area (Å²) in [5.41, 5.74) is -0.277. The third-order valence-corrected chi connectivity index (χ3v) is 3.67. The summed E-state index contributed by atoms with van der Waals surface area (Å²) in [5, 5.41) is 23.9. The van der Waals surface area contributed by atoms with Gasteiger partial charge in [-0.25, -0.2) is 9.59 Å². The minimum atomic E-state index is -1.47. The lowest BCUT2D eigenvalue weighted by Gasteiger charge is -2.12. The Morgan fingerprint density at radius 1 is 0.769 bits per heavy atom. The average molecular weight is 356 g/mol. The zero-order valence-electron chi connectivity index (χ0n) is 14.0. The van der Waals surface area contributed by atoms with E-state index in [1.807, 2.05) is 0 Å². The standard InChI is InChI=1S/C18H16N2O6/c1-9(21)12-7-13(15(18(25)26)8-14(12)17(23)24)16(22)20-11-5-3-10(19-2)4-6-11/h3-8,19H,1-2H3,(H,20,22)(H,23,24)(H,25,26). The fraction of sp³-hybridized carbons (Fsp3) is 0.111. The van der Waals surface area contributed by atoms with Crippen molar-refractivity contribution in [3.63, 3.8) is 0 Å². The molecule has 0 aromatic heterocycles. The van der Waals surface area contributed by atoms with E-state index in [9.17, 15) is 29.4 Å². The Morgan fingerprint density at radius 2 is 1.23 bits per heavy atom. The summed E-state index contributed by atoms with van der Waals surface area (Å²) in [7, 11) is 1.74. The lowest BCUT2D eigenvalue weighted by Crippen LogP contribution is -2.19. The highest BCUT2D eigenvalue weighted by Gasteiger charge is 2.24. The minimum absolute atomic E-state index is 0.238. The molecule has 0 atom stereocenters. The maximum Gasteiger partial charge on any atom is 0.336 e. The van der Waals surface area contributed by atoms with Crippen molar-refractivity contribution in [1.82, 2.24) is 0 Å². The molecule has 0 saturated carbocycles. The molecule has 0 aliphatic carbocycles. The van der Waals surface area contributed by atoms with E-state index in [-0.39, 0.29) is 11.1 Å². The van der Waals surface area contributed by atoms with Gasteiger partial charge in [0.15, 0.2) is 5.78 Å². The summed E-state index contributed by atoms with van der Waals surface area (Å²) in [6.07, 6.45) is 0. The van der Waals surface area contributed by atoms with E-state index in [4.69, 9.17) is 0 Å². The van der Waals surface area contributed by atoms with E-state index in [0.29, 0.717) is 5.69 Å². The number of nitrogens with one attached hydrogen (secondary N) is 2. The molecule has 8 heteroatoms. The second-order valence-electron chi connectivity index (χ2n) is 5.39. The van der Waals surface area contributed by atoms with Crippen LogP contribution in [-0.4, -0.2) is 40.9 Å². The lowest BCUT2D eigenvalue weighted by atomic mass is 9.95. The van der Waals surface area contributed by atoms with E-state index in [0.717, 1.165) is 24.7 Å². The van der Waals surface area contributed by atoms with Gasteiger partial charge in [0.25, 0.3) is 5.91 Å². The molecule has 0 heterocycles. The summed E-state index contributed by atoms with van der Waals surface area (Å²) in [6.45, 7) is 1.14. The lowest BCUT2D eigenvalue weighted by molar-refractivity contribution is 0.0690. The molecule has 0 aliphatic rings. The van der Waals surface area contributed by atoms with Gasteiger partial charge in [-0.2, -0.15) is 0 Å². The normalized spacial score (nSPS) is 10.1. The van der Waals surface area contributed by atoms with Crippen LogP contribution in [0, 0.1) is 0 Å². The molecule has 2 aromatic carbocycles. The van der Waals surface area contributed by atoms with Gasteiger partial charge in [-0.3, -0.25) is 9.59 Å². The van der Waals surface area contributed by atoms with E-state index in [1.165, 1.54) is 0 Å².